The van der Waals surface area contributed by atoms with Crippen molar-refractivity contribution < 1.29 is 24.2 Å². The van der Waals surface area contributed by atoms with Crippen molar-refractivity contribution in [3.05, 3.63) is 132 Å². The van der Waals surface area contributed by atoms with Crippen molar-refractivity contribution in [2.24, 2.45) is 5.92 Å². The summed E-state index contributed by atoms with van der Waals surface area (Å²) >= 11 is 6.48. The molecule has 0 spiro atoms. The third-order valence-electron chi connectivity index (χ3n) is 8.18. The summed E-state index contributed by atoms with van der Waals surface area (Å²) in [4.78, 5) is 40.1. The van der Waals surface area contributed by atoms with Gasteiger partial charge in [0.1, 0.15) is 28.5 Å². The molecule has 2 N–H and O–H groups in total. The smallest absolute Gasteiger partial charge is 0.338 e. The maximum Gasteiger partial charge on any atom is 0.338 e. The number of rotatable bonds is 9. The van der Waals surface area contributed by atoms with Gasteiger partial charge in [-0.2, -0.15) is 9.61 Å². The molecule has 48 heavy (non-hydrogen) atoms. The Kier molecular flexibility index (Phi) is 8.78. The highest BCUT2D eigenvalue weighted by Crippen LogP contribution is 2.35. The van der Waals surface area contributed by atoms with Crippen LogP contribution in [-0.4, -0.2) is 66.5 Å². The van der Waals surface area contributed by atoms with Gasteiger partial charge in [-0.3, -0.25) is 4.98 Å². The van der Waals surface area contributed by atoms with E-state index in [-0.39, 0.29) is 11.8 Å². The number of carbonyl (C=O) groups is 2. The van der Waals surface area contributed by atoms with Crippen molar-refractivity contribution >= 4 is 35.0 Å². The Morgan fingerprint density at radius 2 is 1.40 bits per heavy atom. The number of fused-ring (bicyclic) bond motifs is 1. The average molecular weight is 661 g/mol. The molecule has 1 aliphatic rings. The van der Waals surface area contributed by atoms with Crippen LogP contribution in [0.5, 0.6) is 0 Å². The number of ether oxygens (including phenoxy) is 2. The largest absolute Gasteiger partial charge is 0.454 e. The van der Waals surface area contributed by atoms with E-state index in [0.29, 0.717) is 46.1 Å². The van der Waals surface area contributed by atoms with Gasteiger partial charge in [0.25, 0.3) is 0 Å². The van der Waals surface area contributed by atoms with Crippen LogP contribution in [-0.2, 0) is 9.47 Å². The maximum absolute atomic E-state index is 13.3. The fraction of sp³-hybridized carbons (Fsp3) is 0.167. The molecule has 12 heteroatoms. The normalized spacial score (nSPS) is 18.8. The number of carbonyl (C=O) groups excluding carboxylic acids is 2. The predicted octanol–water partition coefficient (Wildman–Crippen LogP) is 5.75. The molecule has 240 valence electrons. The second-order valence-corrected chi connectivity index (χ2v) is 11.7. The minimum Gasteiger partial charge on any atom is -0.454 e. The summed E-state index contributed by atoms with van der Waals surface area (Å²) < 4.78 is 13.6. The Hall–Kier alpha value is -5.65. The quantitative estimate of drug-likeness (QED) is 0.145. The molecule has 0 unspecified atom stereocenters. The van der Waals surface area contributed by atoms with Crippen LogP contribution in [0, 0.1) is 5.92 Å². The third kappa shape index (κ3) is 6.46. The molecule has 3 aromatic carbocycles. The molecule has 1 saturated carbocycles. The number of aromatic nitrogens is 5. The third-order valence-corrected chi connectivity index (χ3v) is 8.37. The highest BCUT2D eigenvalue weighted by molar-refractivity contribution is 6.29. The van der Waals surface area contributed by atoms with Crippen LogP contribution in [0.1, 0.15) is 27.1 Å². The van der Waals surface area contributed by atoms with E-state index < -0.39 is 36.1 Å². The zero-order valence-electron chi connectivity index (χ0n) is 25.4. The van der Waals surface area contributed by atoms with Crippen molar-refractivity contribution in [2.45, 2.75) is 24.7 Å². The van der Waals surface area contributed by atoms with Gasteiger partial charge in [-0.15, -0.1) is 0 Å². The van der Waals surface area contributed by atoms with Crippen LogP contribution in [0.25, 0.3) is 28.3 Å². The van der Waals surface area contributed by atoms with Gasteiger partial charge >= 0.3 is 11.9 Å². The number of aliphatic hydroxyl groups excluding tert-OH is 1. The van der Waals surface area contributed by atoms with Gasteiger partial charge in [0.05, 0.1) is 35.3 Å². The number of nitrogens with one attached hydrogen (secondary N) is 1. The van der Waals surface area contributed by atoms with Crippen LogP contribution in [0.15, 0.2) is 116 Å². The number of hydrogen-bond acceptors (Lipinski definition) is 10. The first-order valence-corrected chi connectivity index (χ1v) is 15.7. The second-order valence-electron chi connectivity index (χ2n) is 11.3. The van der Waals surface area contributed by atoms with Crippen LogP contribution < -0.4 is 5.32 Å². The van der Waals surface area contributed by atoms with Crippen molar-refractivity contribution in [1.82, 2.24) is 24.6 Å². The Bertz CT molecular complexity index is 2060. The number of benzene rings is 3. The molecule has 0 radical (unpaired) electrons. The monoisotopic (exact) mass is 660 g/mol. The highest BCUT2D eigenvalue weighted by atomic mass is 35.5. The van der Waals surface area contributed by atoms with Gasteiger partial charge in [0.2, 0.25) is 0 Å². The minimum absolute atomic E-state index is 0.196. The lowest BCUT2D eigenvalue weighted by molar-refractivity contribution is -0.0424. The molecule has 0 bridgehead atoms. The van der Waals surface area contributed by atoms with E-state index in [2.05, 4.69) is 15.3 Å². The molecule has 7 rings (SSSR count). The lowest BCUT2D eigenvalue weighted by atomic mass is 10.1. The lowest BCUT2D eigenvalue weighted by Crippen LogP contribution is -2.42. The summed E-state index contributed by atoms with van der Waals surface area (Å²) in [5, 5.41) is 18.8. The molecular formula is C36H29ClN6O5. The summed E-state index contributed by atoms with van der Waals surface area (Å²) in [7, 11) is 0. The first kappa shape index (κ1) is 31.0. The molecule has 1 fully saturated rings. The van der Waals surface area contributed by atoms with E-state index in [1.165, 1.54) is 0 Å². The van der Waals surface area contributed by atoms with Gasteiger partial charge in [0, 0.05) is 30.2 Å². The Morgan fingerprint density at radius 1 is 0.792 bits per heavy atom. The van der Waals surface area contributed by atoms with Crippen molar-refractivity contribution in [3.8, 4) is 22.6 Å². The standard InChI is InChI=1S/C36H29ClN6O5/c37-30-18-32(43-31(41-30)17-26(42-43)29-20-38-19-28(39-29)22-10-4-1-5-11-22)40-27-16-25(21-44)33(47-35(45)23-12-6-2-7-13-23)34(27)48-36(46)24-14-8-3-9-15-24/h1-15,17-20,25,27,33-34,40,44H,16,21H2/t25-,27-,33-,34+/m1/s1. The van der Waals surface area contributed by atoms with E-state index in [1.807, 2.05) is 30.3 Å². The zero-order chi connectivity index (χ0) is 33.0. The molecule has 3 heterocycles. The molecule has 0 aliphatic heterocycles. The van der Waals surface area contributed by atoms with E-state index >= 15 is 0 Å². The molecule has 11 nitrogen and oxygen atoms in total. The number of anilines is 1. The molecular weight excluding hydrogens is 632 g/mol. The second kappa shape index (κ2) is 13.6. The Morgan fingerprint density at radius 3 is 2.04 bits per heavy atom. The van der Waals surface area contributed by atoms with Crippen molar-refractivity contribution in [3.63, 3.8) is 0 Å². The van der Waals surface area contributed by atoms with E-state index in [9.17, 15) is 14.7 Å². The van der Waals surface area contributed by atoms with Crippen molar-refractivity contribution in [1.29, 1.82) is 0 Å². The van der Waals surface area contributed by atoms with Crippen LogP contribution in [0.3, 0.4) is 0 Å². The maximum atomic E-state index is 13.3. The summed E-state index contributed by atoms with van der Waals surface area (Å²) in [6, 6.07) is 29.5. The first-order valence-electron chi connectivity index (χ1n) is 15.3. The summed E-state index contributed by atoms with van der Waals surface area (Å²) in [5.41, 5.74) is 3.76. The predicted molar refractivity (Wildman–Crippen MR) is 178 cm³/mol. The molecule has 3 aromatic heterocycles. The first-order chi connectivity index (χ1) is 23.5. The topological polar surface area (TPSA) is 141 Å². The van der Waals surface area contributed by atoms with E-state index in [0.717, 1.165) is 5.56 Å². The number of esters is 2. The van der Waals surface area contributed by atoms with Crippen LogP contribution in [0.4, 0.5) is 5.82 Å². The minimum atomic E-state index is -0.979. The average Bonchev–Trinajstić information content (AvgIpc) is 3.70. The Balaban J connectivity index is 1.22. The van der Waals surface area contributed by atoms with Crippen molar-refractivity contribution in [2.75, 3.05) is 11.9 Å². The molecule has 0 amide bonds. The zero-order valence-corrected chi connectivity index (χ0v) is 26.1. The van der Waals surface area contributed by atoms with Gasteiger partial charge in [-0.05, 0) is 30.7 Å². The molecule has 1 aliphatic carbocycles. The fourth-order valence-corrected chi connectivity index (χ4v) is 6.04. The highest BCUT2D eigenvalue weighted by Gasteiger charge is 2.48. The van der Waals surface area contributed by atoms with E-state index in [1.54, 1.807) is 89.7 Å². The number of hydrogen-bond donors (Lipinski definition) is 2. The number of aliphatic hydroxyl groups is 1. The summed E-state index contributed by atoms with van der Waals surface area (Å²) in [6.45, 7) is -0.306. The molecule has 0 saturated heterocycles. The van der Waals surface area contributed by atoms with Crippen LogP contribution >= 0.6 is 11.6 Å². The number of halogens is 1. The molecule has 4 atom stereocenters. The number of nitrogens with zero attached hydrogens (tertiary/aromatic N) is 5. The summed E-state index contributed by atoms with van der Waals surface area (Å²) in [6.07, 6.45) is 1.68. The van der Waals surface area contributed by atoms with Gasteiger partial charge in [-0.25, -0.2) is 19.6 Å². The van der Waals surface area contributed by atoms with Gasteiger partial charge in [0.15, 0.2) is 11.8 Å². The van der Waals surface area contributed by atoms with Gasteiger partial charge < -0.3 is 19.9 Å². The fourth-order valence-electron chi connectivity index (χ4n) is 5.85. The molecule has 6 aromatic rings. The van der Waals surface area contributed by atoms with Gasteiger partial charge in [-0.1, -0.05) is 78.3 Å². The lowest BCUT2D eigenvalue weighted by Gasteiger charge is -2.27. The van der Waals surface area contributed by atoms with E-state index in [4.69, 9.17) is 31.2 Å². The SMILES string of the molecule is O=C(O[C@@H]1[C@@H](CO)C[C@@H](Nc2cc(Cl)nc3cc(-c4cncc(-c5ccccc5)n4)nn23)[C@@H]1OC(=O)c1ccccc1)c1ccccc1. The Labute approximate surface area is 280 Å². The summed E-state index contributed by atoms with van der Waals surface area (Å²) in [5.74, 6) is -1.28. The van der Waals surface area contributed by atoms with Crippen LogP contribution in [0.2, 0.25) is 5.15 Å².